The highest BCUT2D eigenvalue weighted by Crippen LogP contribution is 2.32. The highest BCUT2D eigenvalue weighted by atomic mass is 16.5. The van der Waals surface area contributed by atoms with Crippen LogP contribution in [0.2, 0.25) is 0 Å². The van der Waals surface area contributed by atoms with Crippen LogP contribution in [0.1, 0.15) is 52.3 Å². The van der Waals surface area contributed by atoms with Crippen molar-refractivity contribution in [2.75, 3.05) is 19.7 Å². The van der Waals surface area contributed by atoms with Gasteiger partial charge in [0.25, 0.3) is 5.91 Å². The molecule has 0 spiro atoms. The quantitative estimate of drug-likeness (QED) is 0.923. The van der Waals surface area contributed by atoms with Gasteiger partial charge in [-0.15, -0.1) is 0 Å². The Morgan fingerprint density at radius 2 is 2.16 bits per heavy atom. The first-order valence-electron chi connectivity index (χ1n) is 8.99. The lowest BCUT2D eigenvalue weighted by atomic mass is 10.2. The standard InChI is InChI=1S/C18H25N5O2/c1-11-8-15(12(2)23(11)9-14-4-5-14)18(24)22-6-7-25-16(10-22)17-19-13(3)20-21-17/h8,14,16H,4-7,9-10H2,1-3H3,(H,19,20,21)/t16-/m0/s1. The average molecular weight is 343 g/mol. The summed E-state index contributed by atoms with van der Waals surface area (Å²) >= 11 is 0. The van der Waals surface area contributed by atoms with Gasteiger partial charge in [0.1, 0.15) is 11.9 Å². The Morgan fingerprint density at radius 1 is 1.36 bits per heavy atom. The van der Waals surface area contributed by atoms with Crippen molar-refractivity contribution >= 4 is 5.91 Å². The number of morpholine rings is 1. The average Bonchev–Trinajstić information content (AvgIpc) is 3.27. The molecule has 2 fully saturated rings. The first kappa shape index (κ1) is 16.3. The number of nitrogens with one attached hydrogen (secondary N) is 1. The third-order valence-electron chi connectivity index (χ3n) is 5.20. The molecule has 1 saturated carbocycles. The molecule has 0 unspecified atom stereocenters. The van der Waals surface area contributed by atoms with Crippen LogP contribution in [0.3, 0.4) is 0 Å². The summed E-state index contributed by atoms with van der Waals surface area (Å²) in [5, 5.41) is 7.02. The van der Waals surface area contributed by atoms with E-state index in [9.17, 15) is 4.79 Å². The second-order valence-corrected chi connectivity index (χ2v) is 7.23. The molecule has 0 radical (unpaired) electrons. The van der Waals surface area contributed by atoms with E-state index in [1.807, 2.05) is 17.9 Å². The Bertz CT molecular complexity index is 789. The lowest BCUT2D eigenvalue weighted by Gasteiger charge is -2.31. The number of aromatic amines is 1. The maximum atomic E-state index is 13.1. The molecule has 7 heteroatoms. The van der Waals surface area contributed by atoms with Crippen LogP contribution in [0.15, 0.2) is 6.07 Å². The molecule has 1 aliphatic carbocycles. The van der Waals surface area contributed by atoms with Gasteiger partial charge in [-0.3, -0.25) is 9.89 Å². The van der Waals surface area contributed by atoms with Crippen molar-refractivity contribution in [3.05, 3.63) is 34.7 Å². The molecule has 3 heterocycles. The molecule has 0 aromatic carbocycles. The Hall–Kier alpha value is -2.15. The number of aryl methyl sites for hydroxylation is 2. The van der Waals surface area contributed by atoms with Crippen LogP contribution in [0, 0.1) is 26.7 Å². The van der Waals surface area contributed by atoms with Crippen LogP contribution in [0.5, 0.6) is 0 Å². The van der Waals surface area contributed by atoms with Crippen molar-refractivity contribution in [2.24, 2.45) is 5.92 Å². The lowest BCUT2D eigenvalue weighted by Crippen LogP contribution is -2.42. The molecule has 4 rings (SSSR count). The lowest BCUT2D eigenvalue weighted by molar-refractivity contribution is -0.0267. The smallest absolute Gasteiger partial charge is 0.255 e. The second-order valence-electron chi connectivity index (χ2n) is 7.23. The van der Waals surface area contributed by atoms with E-state index >= 15 is 0 Å². The zero-order chi connectivity index (χ0) is 17.6. The fraction of sp³-hybridized carbons (Fsp3) is 0.611. The van der Waals surface area contributed by atoms with Crippen LogP contribution in [0.4, 0.5) is 0 Å². The Morgan fingerprint density at radius 3 is 2.84 bits per heavy atom. The van der Waals surface area contributed by atoms with Crippen LogP contribution in [-0.4, -0.2) is 50.3 Å². The predicted octanol–water partition coefficient (Wildman–Crippen LogP) is 2.16. The molecule has 25 heavy (non-hydrogen) atoms. The summed E-state index contributed by atoms with van der Waals surface area (Å²) in [6.45, 7) is 8.63. The molecule has 1 aliphatic heterocycles. The number of rotatable bonds is 4. The van der Waals surface area contributed by atoms with Crippen LogP contribution >= 0.6 is 0 Å². The number of hydrogen-bond acceptors (Lipinski definition) is 4. The predicted molar refractivity (Wildman–Crippen MR) is 92.3 cm³/mol. The number of carbonyl (C=O) groups is 1. The number of H-pyrrole nitrogens is 1. The molecular formula is C18H25N5O2. The highest BCUT2D eigenvalue weighted by molar-refractivity contribution is 5.95. The first-order chi connectivity index (χ1) is 12.0. The van der Waals surface area contributed by atoms with Crippen molar-refractivity contribution in [2.45, 2.75) is 46.3 Å². The van der Waals surface area contributed by atoms with E-state index in [1.54, 1.807) is 0 Å². The normalized spacial score (nSPS) is 20.9. The summed E-state index contributed by atoms with van der Waals surface area (Å²) in [6, 6.07) is 2.03. The SMILES string of the molecule is Cc1nc([C@@H]2CN(C(=O)c3cc(C)n(CC4CC4)c3C)CCO2)n[nH]1. The molecule has 2 aromatic rings. The van der Waals surface area contributed by atoms with Gasteiger partial charge in [0.05, 0.1) is 18.7 Å². The number of ether oxygens (including phenoxy) is 1. The van der Waals surface area contributed by atoms with Gasteiger partial charge in [-0.1, -0.05) is 0 Å². The number of carbonyl (C=O) groups excluding carboxylic acids is 1. The Balaban J connectivity index is 1.52. The van der Waals surface area contributed by atoms with Gasteiger partial charge in [-0.2, -0.15) is 5.10 Å². The summed E-state index contributed by atoms with van der Waals surface area (Å²) < 4.78 is 8.06. The number of hydrogen-bond donors (Lipinski definition) is 1. The Labute approximate surface area is 147 Å². The van der Waals surface area contributed by atoms with Crippen molar-refractivity contribution < 1.29 is 9.53 Å². The molecule has 2 aromatic heterocycles. The fourth-order valence-corrected chi connectivity index (χ4v) is 3.52. The van der Waals surface area contributed by atoms with Gasteiger partial charge in [0.15, 0.2) is 5.82 Å². The van der Waals surface area contributed by atoms with E-state index in [1.165, 1.54) is 18.5 Å². The minimum Gasteiger partial charge on any atom is -0.366 e. The summed E-state index contributed by atoms with van der Waals surface area (Å²) in [7, 11) is 0. The molecule has 0 bridgehead atoms. The Kier molecular flexibility index (Phi) is 4.11. The van der Waals surface area contributed by atoms with E-state index in [2.05, 4.69) is 33.6 Å². The van der Waals surface area contributed by atoms with Gasteiger partial charge in [0.2, 0.25) is 0 Å². The largest absolute Gasteiger partial charge is 0.366 e. The first-order valence-corrected chi connectivity index (χ1v) is 8.99. The summed E-state index contributed by atoms with van der Waals surface area (Å²) in [5.74, 6) is 2.24. The number of amides is 1. The van der Waals surface area contributed by atoms with E-state index in [0.717, 1.165) is 29.5 Å². The molecule has 134 valence electrons. The highest BCUT2D eigenvalue weighted by Gasteiger charge is 2.31. The summed E-state index contributed by atoms with van der Waals surface area (Å²) in [5.41, 5.74) is 3.05. The molecule has 1 saturated heterocycles. The maximum absolute atomic E-state index is 13.1. The monoisotopic (exact) mass is 343 g/mol. The fourth-order valence-electron chi connectivity index (χ4n) is 3.52. The van der Waals surface area contributed by atoms with Crippen LogP contribution in [0.25, 0.3) is 0 Å². The number of nitrogens with zero attached hydrogens (tertiary/aromatic N) is 4. The van der Waals surface area contributed by atoms with Crippen molar-refractivity contribution in [1.29, 1.82) is 0 Å². The minimum atomic E-state index is -0.266. The molecule has 1 amide bonds. The molecule has 1 N–H and O–H groups in total. The van der Waals surface area contributed by atoms with Crippen LogP contribution in [-0.2, 0) is 11.3 Å². The van der Waals surface area contributed by atoms with E-state index in [4.69, 9.17) is 4.74 Å². The summed E-state index contributed by atoms with van der Waals surface area (Å²) in [4.78, 5) is 19.3. The van der Waals surface area contributed by atoms with E-state index < -0.39 is 0 Å². The summed E-state index contributed by atoms with van der Waals surface area (Å²) in [6.07, 6.45) is 2.35. The molecular weight excluding hydrogens is 318 g/mol. The van der Waals surface area contributed by atoms with E-state index in [0.29, 0.717) is 25.5 Å². The van der Waals surface area contributed by atoms with Gasteiger partial charge in [-0.05, 0) is 45.6 Å². The third-order valence-corrected chi connectivity index (χ3v) is 5.20. The topological polar surface area (TPSA) is 76.0 Å². The van der Waals surface area contributed by atoms with Crippen molar-refractivity contribution in [1.82, 2.24) is 24.6 Å². The molecule has 1 atom stereocenters. The second kappa shape index (κ2) is 6.29. The third kappa shape index (κ3) is 3.20. The molecule has 2 aliphatic rings. The zero-order valence-electron chi connectivity index (χ0n) is 15.1. The van der Waals surface area contributed by atoms with Crippen molar-refractivity contribution in [3.63, 3.8) is 0 Å². The van der Waals surface area contributed by atoms with Crippen molar-refractivity contribution in [3.8, 4) is 0 Å². The van der Waals surface area contributed by atoms with Crippen LogP contribution < -0.4 is 0 Å². The molecule has 7 nitrogen and oxygen atoms in total. The van der Waals surface area contributed by atoms with Gasteiger partial charge >= 0.3 is 0 Å². The zero-order valence-corrected chi connectivity index (χ0v) is 15.1. The minimum absolute atomic E-state index is 0.0794. The number of aromatic nitrogens is 4. The van der Waals surface area contributed by atoms with Gasteiger partial charge in [-0.25, -0.2) is 4.98 Å². The van der Waals surface area contributed by atoms with E-state index in [-0.39, 0.29) is 12.0 Å². The van der Waals surface area contributed by atoms with Gasteiger partial charge in [0, 0.05) is 24.5 Å². The maximum Gasteiger partial charge on any atom is 0.255 e. The van der Waals surface area contributed by atoms with Gasteiger partial charge < -0.3 is 14.2 Å².